The van der Waals surface area contributed by atoms with Crippen molar-refractivity contribution in [3.05, 3.63) is 41.5 Å². The Morgan fingerprint density at radius 2 is 2.40 bits per heavy atom. The Labute approximate surface area is 90.3 Å². The van der Waals surface area contributed by atoms with Crippen LogP contribution < -0.4 is 0 Å². The van der Waals surface area contributed by atoms with Crippen molar-refractivity contribution in [3.63, 3.8) is 0 Å². The number of hydrogen-bond donors (Lipinski definition) is 1. The van der Waals surface area contributed by atoms with Crippen molar-refractivity contribution < 1.29 is 9.90 Å². The van der Waals surface area contributed by atoms with Crippen molar-refractivity contribution in [1.29, 1.82) is 0 Å². The van der Waals surface area contributed by atoms with Crippen molar-refractivity contribution >= 4 is 12.0 Å². The minimum Gasteiger partial charge on any atom is -0.481 e. The molecule has 0 aliphatic carbocycles. The maximum Gasteiger partial charge on any atom is 0.308 e. The molecule has 1 rings (SSSR count). The fourth-order valence-electron chi connectivity index (χ4n) is 1.23. The second-order valence-electron chi connectivity index (χ2n) is 3.34. The van der Waals surface area contributed by atoms with Gasteiger partial charge in [0, 0.05) is 5.56 Å². The van der Waals surface area contributed by atoms with Gasteiger partial charge in [-0.3, -0.25) is 4.79 Å². The van der Waals surface area contributed by atoms with Gasteiger partial charge in [-0.2, -0.15) is 0 Å². The molecule has 0 heterocycles. The lowest BCUT2D eigenvalue weighted by molar-refractivity contribution is -0.136. The van der Waals surface area contributed by atoms with Gasteiger partial charge >= 0.3 is 5.97 Å². The molecular weight excluding hydrogens is 188 g/mol. The van der Waals surface area contributed by atoms with Crippen LogP contribution in [0.15, 0.2) is 18.2 Å². The van der Waals surface area contributed by atoms with Crippen LogP contribution in [0.5, 0.6) is 0 Å². The van der Waals surface area contributed by atoms with Crippen LogP contribution in [-0.2, 0) is 11.2 Å². The van der Waals surface area contributed by atoms with Crippen LogP contribution in [0.2, 0.25) is 0 Å². The molecule has 15 heavy (non-hydrogen) atoms. The molecule has 0 saturated heterocycles. The van der Waals surface area contributed by atoms with Crippen molar-refractivity contribution in [2.75, 3.05) is 0 Å². The Morgan fingerprint density at radius 3 is 3.07 bits per heavy atom. The zero-order chi connectivity index (χ0) is 11.1. The second kappa shape index (κ2) is 5.87. The van der Waals surface area contributed by atoms with E-state index in [4.69, 9.17) is 5.11 Å². The quantitative estimate of drug-likeness (QED) is 0.797. The highest BCUT2D eigenvalue weighted by Gasteiger charge is 1.99. The number of unbranched alkanes of at least 4 members (excludes halogenated alkanes) is 1. The maximum atomic E-state index is 10.5. The van der Waals surface area contributed by atoms with Gasteiger partial charge in [-0.05, 0) is 24.1 Å². The summed E-state index contributed by atoms with van der Waals surface area (Å²) in [7, 11) is 0. The van der Waals surface area contributed by atoms with E-state index >= 15 is 0 Å². The predicted molar refractivity (Wildman–Crippen MR) is 59.4 cm³/mol. The van der Waals surface area contributed by atoms with E-state index in [1.165, 1.54) is 0 Å². The summed E-state index contributed by atoms with van der Waals surface area (Å²) in [5, 5.41) is 8.62. The Kier molecular flexibility index (Phi) is 4.43. The zero-order valence-corrected chi connectivity index (χ0v) is 8.79. The van der Waals surface area contributed by atoms with E-state index < -0.39 is 5.97 Å². The van der Waals surface area contributed by atoms with Gasteiger partial charge in [-0.1, -0.05) is 37.6 Å². The topological polar surface area (TPSA) is 37.3 Å². The minimum atomic E-state index is -0.839. The zero-order valence-electron chi connectivity index (χ0n) is 8.79. The molecule has 0 aromatic heterocycles. The first kappa shape index (κ1) is 11.3. The smallest absolute Gasteiger partial charge is 0.308 e. The van der Waals surface area contributed by atoms with Gasteiger partial charge in [0.1, 0.15) is 0 Å². The Balaban J connectivity index is 2.69. The first-order chi connectivity index (χ1) is 7.22. The van der Waals surface area contributed by atoms with Gasteiger partial charge in [0.25, 0.3) is 0 Å². The van der Waals surface area contributed by atoms with Crippen LogP contribution >= 0.6 is 0 Å². The van der Waals surface area contributed by atoms with Gasteiger partial charge in [-0.15, -0.1) is 0 Å². The Morgan fingerprint density at radius 1 is 1.60 bits per heavy atom. The summed E-state index contributed by atoms with van der Waals surface area (Å²) in [6.07, 6.45) is 6.22. The number of aliphatic carboxylic acids is 1. The first-order valence-electron chi connectivity index (χ1n) is 5.03. The fraction of sp³-hybridized carbons (Fsp3) is 0.308. The van der Waals surface area contributed by atoms with E-state index in [0.29, 0.717) is 5.56 Å². The molecule has 0 saturated carbocycles. The van der Waals surface area contributed by atoms with E-state index in [-0.39, 0.29) is 6.42 Å². The largest absolute Gasteiger partial charge is 0.481 e. The number of allylic oxidation sites excluding steroid dienone is 1. The van der Waals surface area contributed by atoms with Crippen molar-refractivity contribution in [2.24, 2.45) is 0 Å². The molecule has 1 aromatic carbocycles. The molecule has 0 fully saturated rings. The molecule has 0 radical (unpaired) electrons. The van der Waals surface area contributed by atoms with E-state index in [9.17, 15) is 4.79 Å². The van der Waals surface area contributed by atoms with Gasteiger partial charge in [0.2, 0.25) is 0 Å². The number of carboxylic acids is 1. The second-order valence-corrected chi connectivity index (χ2v) is 3.34. The van der Waals surface area contributed by atoms with Crippen LogP contribution in [0.3, 0.4) is 0 Å². The number of rotatable bonds is 5. The summed E-state index contributed by atoms with van der Waals surface area (Å²) >= 11 is 0. The summed E-state index contributed by atoms with van der Waals surface area (Å²) < 4.78 is 0. The molecule has 1 N–H and O–H groups in total. The van der Waals surface area contributed by atoms with Crippen molar-refractivity contribution in [1.82, 2.24) is 0 Å². The summed E-state index contributed by atoms with van der Waals surface area (Å²) in [5.74, 6) is -0.839. The SMILES string of the molecule is CCC/C=C/c1cc#cc(CC(=O)O)c1. The van der Waals surface area contributed by atoms with Gasteiger partial charge in [0.15, 0.2) is 0 Å². The first-order valence-corrected chi connectivity index (χ1v) is 5.03. The van der Waals surface area contributed by atoms with E-state index in [1.54, 1.807) is 6.07 Å². The maximum absolute atomic E-state index is 10.5. The van der Waals surface area contributed by atoms with E-state index in [1.807, 2.05) is 12.1 Å². The molecule has 0 bridgehead atoms. The van der Waals surface area contributed by atoms with Crippen LogP contribution in [0.1, 0.15) is 30.9 Å². The lowest BCUT2D eigenvalue weighted by atomic mass is 10.1. The third-order valence-corrected chi connectivity index (χ3v) is 1.92. The molecule has 78 valence electrons. The molecule has 0 aliphatic heterocycles. The van der Waals surface area contributed by atoms with Crippen LogP contribution in [0.4, 0.5) is 0 Å². The van der Waals surface area contributed by atoms with Gasteiger partial charge < -0.3 is 5.11 Å². The lowest BCUT2D eigenvalue weighted by Gasteiger charge is -1.94. The molecule has 0 unspecified atom stereocenters. The molecule has 0 atom stereocenters. The molecule has 0 spiro atoms. The van der Waals surface area contributed by atoms with Crippen LogP contribution in [0.25, 0.3) is 6.08 Å². The van der Waals surface area contributed by atoms with Crippen LogP contribution in [0, 0.1) is 12.1 Å². The van der Waals surface area contributed by atoms with Gasteiger partial charge in [-0.25, -0.2) is 0 Å². The fourth-order valence-corrected chi connectivity index (χ4v) is 1.23. The minimum absolute atomic E-state index is 0.00591. The average Bonchev–Trinajstić information content (AvgIpc) is 2.18. The molecule has 2 nitrogen and oxygen atoms in total. The number of hydrogen-bond acceptors (Lipinski definition) is 1. The highest BCUT2D eigenvalue weighted by atomic mass is 16.4. The number of carbonyl (C=O) groups is 1. The molecular formula is C13H14O2. The lowest BCUT2D eigenvalue weighted by Crippen LogP contribution is -1.99. The summed E-state index contributed by atoms with van der Waals surface area (Å²) in [6, 6.07) is 9.25. The summed E-state index contributed by atoms with van der Waals surface area (Å²) in [4.78, 5) is 10.5. The third kappa shape index (κ3) is 4.33. The third-order valence-electron chi connectivity index (χ3n) is 1.92. The Hall–Kier alpha value is -1.75. The van der Waals surface area contributed by atoms with Crippen molar-refractivity contribution in [2.45, 2.75) is 26.2 Å². The highest BCUT2D eigenvalue weighted by Crippen LogP contribution is 2.05. The highest BCUT2D eigenvalue weighted by molar-refractivity contribution is 5.70. The molecule has 0 aliphatic rings. The standard InChI is InChI=1S/C13H14O2/c1-2-3-4-6-11-7-5-8-12(9-11)10-13(14)15/h4,6-7,9H,2-3,10H2,1H3,(H,14,15)/b6-4+. The molecule has 0 amide bonds. The normalized spacial score (nSPS) is 10.2. The van der Waals surface area contributed by atoms with Gasteiger partial charge in [0.05, 0.1) is 6.42 Å². The van der Waals surface area contributed by atoms with E-state index in [0.717, 1.165) is 18.4 Å². The molecule has 1 aromatic rings. The van der Waals surface area contributed by atoms with E-state index in [2.05, 4.69) is 25.1 Å². The van der Waals surface area contributed by atoms with Crippen LogP contribution in [-0.4, -0.2) is 11.1 Å². The summed E-state index contributed by atoms with van der Waals surface area (Å²) in [5.41, 5.74) is 1.65. The Bertz CT molecular complexity index is 353. The molecule has 2 heteroatoms. The van der Waals surface area contributed by atoms with Crippen molar-refractivity contribution in [3.8, 4) is 0 Å². The predicted octanol–water partition coefficient (Wildman–Crippen LogP) is 2.73. The summed E-state index contributed by atoms with van der Waals surface area (Å²) in [6.45, 7) is 2.12. The monoisotopic (exact) mass is 202 g/mol. The average molecular weight is 202 g/mol. The number of carboxylic acid groups (broad SMARTS) is 1.